The Labute approximate surface area is 134 Å². The van der Waals surface area contributed by atoms with E-state index in [4.69, 9.17) is 4.74 Å². The van der Waals surface area contributed by atoms with Crippen LogP contribution in [0.15, 0.2) is 47.8 Å². The molecular formula is C15H16FN3O3S. The van der Waals surface area contributed by atoms with Crippen LogP contribution in [0, 0.1) is 5.82 Å². The van der Waals surface area contributed by atoms with E-state index in [9.17, 15) is 12.8 Å². The lowest BCUT2D eigenvalue weighted by atomic mass is 10.1. The molecule has 2 heterocycles. The molecule has 0 aliphatic carbocycles. The maximum absolute atomic E-state index is 13.8. The van der Waals surface area contributed by atoms with Gasteiger partial charge in [0.05, 0.1) is 6.54 Å². The second kappa shape index (κ2) is 6.59. The first-order chi connectivity index (χ1) is 11.1. The topological polar surface area (TPSA) is 72.4 Å². The summed E-state index contributed by atoms with van der Waals surface area (Å²) < 4.78 is 46.0. The molecule has 1 aromatic heterocycles. The molecule has 1 fully saturated rings. The van der Waals surface area contributed by atoms with Crippen molar-refractivity contribution >= 4 is 10.0 Å². The van der Waals surface area contributed by atoms with Crippen molar-refractivity contribution in [1.82, 2.24) is 14.3 Å². The van der Waals surface area contributed by atoms with Crippen LogP contribution in [0.25, 0.3) is 0 Å². The van der Waals surface area contributed by atoms with E-state index in [0.717, 1.165) is 6.07 Å². The Kier molecular flexibility index (Phi) is 4.53. The quantitative estimate of drug-likeness (QED) is 0.851. The molecule has 1 aromatic carbocycles. The number of halogens is 1. The van der Waals surface area contributed by atoms with Gasteiger partial charge in [-0.1, -0.05) is 12.1 Å². The van der Waals surface area contributed by atoms with Crippen LogP contribution in [0.2, 0.25) is 0 Å². The summed E-state index contributed by atoms with van der Waals surface area (Å²) in [6, 6.07) is 7.01. The minimum Gasteiger partial charge on any atom is -0.473 e. The summed E-state index contributed by atoms with van der Waals surface area (Å²) in [6.45, 7) is 0.515. The van der Waals surface area contributed by atoms with Crippen molar-refractivity contribution in [2.24, 2.45) is 0 Å². The third kappa shape index (κ3) is 3.48. The Bertz CT molecular complexity index is 771. The monoisotopic (exact) mass is 337 g/mol. The lowest BCUT2D eigenvalue weighted by molar-refractivity contribution is 0.124. The first kappa shape index (κ1) is 15.8. The SMILES string of the molecule is O=S(=O)(c1ccccc1F)N1CCC[C@@H](Oc2ccncn2)C1. The Hall–Kier alpha value is -2.06. The van der Waals surface area contributed by atoms with Crippen molar-refractivity contribution in [2.75, 3.05) is 13.1 Å². The largest absolute Gasteiger partial charge is 0.473 e. The summed E-state index contributed by atoms with van der Waals surface area (Å²) in [6.07, 6.45) is 3.96. The van der Waals surface area contributed by atoms with E-state index in [2.05, 4.69) is 9.97 Å². The number of sulfonamides is 1. The van der Waals surface area contributed by atoms with Gasteiger partial charge in [0.1, 0.15) is 23.1 Å². The van der Waals surface area contributed by atoms with Crippen molar-refractivity contribution in [2.45, 2.75) is 23.8 Å². The van der Waals surface area contributed by atoms with Crippen molar-refractivity contribution < 1.29 is 17.5 Å². The van der Waals surface area contributed by atoms with Gasteiger partial charge in [-0.15, -0.1) is 0 Å². The Morgan fingerprint density at radius 1 is 1.26 bits per heavy atom. The fourth-order valence-corrected chi connectivity index (χ4v) is 4.11. The lowest BCUT2D eigenvalue weighted by Crippen LogP contribution is -2.44. The summed E-state index contributed by atoms with van der Waals surface area (Å²) in [5.74, 6) is -0.346. The normalized spacial score (nSPS) is 19.4. The molecule has 8 heteroatoms. The molecule has 0 amide bonds. The summed E-state index contributed by atoms with van der Waals surface area (Å²) in [5.41, 5.74) is 0. The molecule has 0 bridgehead atoms. The number of nitrogens with zero attached hydrogens (tertiary/aromatic N) is 3. The zero-order valence-electron chi connectivity index (χ0n) is 12.3. The molecule has 0 N–H and O–H groups in total. The number of ether oxygens (including phenoxy) is 1. The van der Waals surface area contributed by atoms with Gasteiger partial charge in [0.15, 0.2) is 0 Å². The number of aromatic nitrogens is 2. The van der Waals surface area contributed by atoms with Crippen molar-refractivity contribution in [3.05, 3.63) is 48.7 Å². The minimum atomic E-state index is -3.87. The molecule has 1 aliphatic rings. The van der Waals surface area contributed by atoms with Gasteiger partial charge in [-0.3, -0.25) is 0 Å². The number of hydrogen-bond acceptors (Lipinski definition) is 5. The number of rotatable bonds is 4. The Morgan fingerprint density at radius 3 is 2.83 bits per heavy atom. The highest BCUT2D eigenvalue weighted by Gasteiger charge is 2.32. The van der Waals surface area contributed by atoms with Crippen LogP contribution in [0.5, 0.6) is 5.88 Å². The molecule has 0 saturated carbocycles. The zero-order chi connectivity index (χ0) is 16.3. The van der Waals surface area contributed by atoms with Gasteiger partial charge in [-0.25, -0.2) is 22.8 Å². The highest BCUT2D eigenvalue weighted by molar-refractivity contribution is 7.89. The van der Waals surface area contributed by atoms with E-state index >= 15 is 0 Å². The van der Waals surface area contributed by atoms with Crippen LogP contribution in [0.1, 0.15) is 12.8 Å². The van der Waals surface area contributed by atoms with Crippen LogP contribution in [-0.4, -0.2) is 41.9 Å². The van der Waals surface area contributed by atoms with Gasteiger partial charge in [0, 0.05) is 18.8 Å². The third-order valence-electron chi connectivity index (χ3n) is 3.64. The maximum Gasteiger partial charge on any atom is 0.246 e. The van der Waals surface area contributed by atoms with E-state index in [0.29, 0.717) is 25.3 Å². The van der Waals surface area contributed by atoms with E-state index < -0.39 is 15.8 Å². The molecule has 0 spiro atoms. The standard InChI is InChI=1S/C15H16FN3O3S/c16-13-5-1-2-6-14(13)23(20,21)19-9-3-4-12(10-19)22-15-7-8-17-11-18-15/h1-2,5-8,11-12H,3-4,9-10H2/t12-/m1/s1. The minimum absolute atomic E-state index is 0.167. The van der Waals surface area contributed by atoms with E-state index in [1.807, 2.05) is 0 Å². The first-order valence-corrected chi connectivity index (χ1v) is 8.69. The van der Waals surface area contributed by atoms with Gasteiger partial charge >= 0.3 is 0 Å². The van der Waals surface area contributed by atoms with Crippen LogP contribution < -0.4 is 4.74 Å². The Balaban J connectivity index is 1.77. The molecule has 0 unspecified atom stereocenters. The highest BCUT2D eigenvalue weighted by Crippen LogP contribution is 2.24. The predicted molar refractivity (Wildman–Crippen MR) is 80.8 cm³/mol. The van der Waals surface area contributed by atoms with Gasteiger partial charge < -0.3 is 4.74 Å². The zero-order valence-corrected chi connectivity index (χ0v) is 13.1. The molecule has 2 aromatic rings. The van der Waals surface area contributed by atoms with E-state index in [-0.39, 0.29) is 17.5 Å². The summed E-state index contributed by atoms with van der Waals surface area (Å²) in [7, 11) is -3.87. The summed E-state index contributed by atoms with van der Waals surface area (Å²) in [4.78, 5) is 7.47. The van der Waals surface area contributed by atoms with Crippen molar-refractivity contribution in [1.29, 1.82) is 0 Å². The second-order valence-corrected chi connectivity index (χ2v) is 7.13. The predicted octanol–water partition coefficient (Wildman–Crippen LogP) is 1.85. The van der Waals surface area contributed by atoms with Crippen molar-refractivity contribution in [3.8, 4) is 5.88 Å². The molecule has 6 nitrogen and oxygen atoms in total. The average Bonchev–Trinajstić information content (AvgIpc) is 2.56. The van der Waals surface area contributed by atoms with Crippen LogP contribution in [0.3, 0.4) is 0 Å². The highest BCUT2D eigenvalue weighted by atomic mass is 32.2. The Morgan fingerprint density at radius 2 is 2.09 bits per heavy atom. The molecule has 122 valence electrons. The molecule has 0 radical (unpaired) electrons. The lowest BCUT2D eigenvalue weighted by Gasteiger charge is -2.31. The van der Waals surface area contributed by atoms with E-state index in [1.165, 1.54) is 28.8 Å². The fraction of sp³-hybridized carbons (Fsp3) is 0.333. The van der Waals surface area contributed by atoms with Gasteiger partial charge in [-0.2, -0.15) is 4.31 Å². The molecule has 23 heavy (non-hydrogen) atoms. The molecule has 1 saturated heterocycles. The van der Waals surface area contributed by atoms with Crippen LogP contribution in [-0.2, 0) is 10.0 Å². The number of hydrogen-bond donors (Lipinski definition) is 0. The van der Waals surface area contributed by atoms with Crippen LogP contribution >= 0.6 is 0 Å². The van der Waals surface area contributed by atoms with Crippen LogP contribution in [0.4, 0.5) is 4.39 Å². The third-order valence-corrected chi connectivity index (χ3v) is 5.54. The van der Waals surface area contributed by atoms with Crippen molar-refractivity contribution in [3.63, 3.8) is 0 Å². The first-order valence-electron chi connectivity index (χ1n) is 7.25. The summed E-state index contributed by atoms with van der Waals surface area (Å²) >= 11 is 0. The molecule has 1 aliphatic heterocycles. The van der Waals surface area contributed by atoms with Gasteiger partial charge in [0.25, 0.3) is 0 Å². The fourth-order valence-electron chi connectivity index (χ4n) is 2.53. The summed E-state index contributed by atoms with van der Waals surface area (Å²) in [5, 5.41) is 0. The molecule has 3 rings (SSSR count). The molecular weight excluding hydrogens is 321 g/mol. The maximum atomic E-state index is 13.8. The van der Waals surface area contributed by atoms with Gasteiger partial charge in [0.2, 0.25) is 15.9 Å². The molecule has 1 atom stereocenters. The smallest absolute Gasteiger partial charge is 0.246 e. The average molecular weight is 337 g/mol. The second-order valence-electron chi connectivity index (χ2n) is 5.22. The number of benzene rings is 1. The van der Waals surface area contributed by atoms with Gasteiger partial charge in [-0.05, 0) is 25.0 Å². The number of piperidine rings is 1. The van der Waals surface area contributed by atoms with E-state index in [1.54, 1.807) is 12.3 Å².